The topological polar surface area (TPSA) is 58.8 Å². The maximum atomic E-state index is 11.5. The van der Waals surface area contributed by atoms with E-state index in [9.17, 15) is 4.79 Å². The Labute approximate surface area is 143 Å². The predicted molar refractivity (Wildman–Crippen MR) is 97.3 cm³/mol. The number of nitrogens with zero attached hydrogens (tertiary/aromatic N) is 3. The molecule has 0 spiro atoms. The van der Waals surface area contributed by atoms with Crippen molar-refractivity contribution in [1.29, 1.82) is 0 Å². The van der Waals surface area contributed by atoms with Crippen LogP contribution in [-0.4, -0.2) is 16.2 Å². The summed E-state index contributed by atoms with van der Waals surface area (Å²) in [5.41, 5.74) is 4.87. The lowest BCUT2D eigenvalue weighted by atomic mass is 10.1. The summed E-state index contributed by atoms with van der Waals surface area (Å²) < 4.78 is 3.23. The summed E-state index contributed by atoms with van der Waals surface area (Å²) >= 11 is 1.62. The van der Waals surface area contributed by atoms with Crippen molar-refractivity contribution in [2.45, 2.75) is 13.3 Å². The van der Waals surface area contributed by atoms with E-state index in [1.165, 1.54) is 4.70 Å². The first-order valence-electron chi connectivity index (χ1n) is 7.68. The molecule has 0 unspecified atom stereocenters. The summed E-state index contributed by atoms with van der Waals surface area (Å²) in [6, 6.07) is 14.1. The monoisotopic (exact) mass is 336 g/mol. The number of hydrogen-bond acceptors (Lipinski definition) is 4. The lowest BCUT2D eigenvalue weighted by Gasteiger charge is -2.02. The molecule has 1 aliphatic heterocycles. The van der Waals surface area contributed by atoms with Gasteiger partial charge in [0, 0.05) is 12.7 Å². The number of hydrogen-bond donors (Lipinski definition) is 1. The van der Waals surface area contributed by atoms with Gasteiger partial charge in [0.25, 0.3) is 0 Å². The molecule has 24 heavy (non-hydrogen) atoms. The second-order valence-corrected chi connectivity index (χ2v) is 6.80. The minimum absolute atomic E-state index is 0.0405. The molecule has 1 aromatic heterocycles. The molecule has 3 aromatic rings. The molecule has 1 amide bonds. The molecule has 0 fully saturated rings. The van der Waals surface area contributed by atoms with E-state index in [-0.39, 0.29) is 5.91 Å². The van der Waals surface area contributed by atoms with Crippen molar-refractivity contribution in [1.82, 2.24) is 4.57 Å². The highest BCUT2D eigenvalue weighted by molar-refractivity contribution is 7.16. The number of aromatic nitrogens is 1. The summed E-state index contributed by atoms with van der Waals surface area (Å²) in [6.07, 6.45) is 0.429. The Bertz CT molecular complexity index is 1060. The molecule has 2 heterocycles. The average Bonchev–Trinajstić information content (AvgIpc) is 3.11. The molecule has 1 N–H and O–H groups in total. The van der Waals surface area contributed by atoms with Crippen molar-refractivity contribution >= 4 is 38.9 Å². The van der Waals surface area contributed by atoms with Crippen LogP contribution in [0.1, 0.15) is 18.1 Å². The first-order valence-corrected chi connectivity index (χ1v) is 8.49. The van der Waals surface area contributed by atoms with E-state index in [2.05, 4.69) is 27.7 Å². The van der Waals surface area contributed by atoms with E-state index in [4.69, 9.17) is 0 Å². The van der Waals surface area contributed by atoms with Gasteiger partial charge in [-0.15, -0.1) is 5.10 Å². The third kappa shape index (κ3) is 2.55. The van der Waals surface area contributed by atoms with Crippen LogP contribution in [0.3, 0.4) is 0 Å². The Balaban J connectivity index is 1.71. The summed E-state index contributed by atoms with van der Waals surface area (Å²) in [4.78, 5) is 12.3. The second-order valence-electron chi connectivity index (χ2n) is 5.79. The Morgan fingerprint density at radius 3 is 2.92 bits per heavy atom. The maximum absolute atomic E-state index is 11.5. The fourth-order valence-corrected chi connectivity index (χ4v) is 3.78. The highest BCUT2D eigenvalue weighted by Crippen LogP contribution is 2.24. The van der Waals surface area contributed by atoms with Gasteiger partial charge in [0.05, 0.1) is 22.3 Å². The quantitative estimate of drug-likeness (QED) is 0.567. The third-order valence-corrected chi connectivity index (χ3v) is 5.25. The van der Waals surface area contributed by atoms with Crippen molar-refractivity contribution in [3.63, 3.8) is 0 Å². The third-order valence-electron chi connectivity index (χ3n) is 4.15. The lowest BCUT2D eigenvalue weighted by molar-refractivity contribution is -0.115. The first-order chi connectivity index (χ1) is 11.6. The number of fused-ring (bicyclic) bond motifs is 2. The standard InChI is InChI=1S/C18H16N4OS/c1-11(12-7-8-14-13(9-12)10-17(23)19-14)20-21-18-22(2)15-5-3-4-6-16(15)24-18/h3-9H,10H2,1-2H3,(H,19,23). The SMILES string of the molecule is CC(=NN=c1sc2ccccc2n1C)c1ccc2c(c1)CC(=O)N2. The van der Waals surface area contributed by atoms with Crippen LogP contribution in [0.4, 0.5) is 5.69 Å². The number of aryl methyl sites for hydroxylation is 1. The van der Waals surface area contributed by atoms with Crippen molar-refractivity contribution in [2.75, 3.05) is 5.32 Å². The Kier molecular flexibility index (Phi) is 3.54. The van der Waals surface area contributed by atoms with Crippen LogP contribution in [0.2, 0.25) is 0 Å². The van der Waals surface area contributed by atoms with Gasteiger partial charge >= 0.3 is 0 Å². The predicted octanol–water partition coefficient (Wildman–Crippen LogP) is 3.06. The molecule has 4 rings (SSSR count). The summed E-state index contributed by atoms with van der Waals surface area (Å²) in [5.74, 6) is 0.0405. The van der Waals surface area contributed by atoms with Crippen molar-refractivity contribution in [3.8, 4) is 0 Å². The molecular weight excluding hydrogens is 320 g/mol. The molecule has 1 aliphatic rings. The van der Waals surface area contributed by atoms with E-state index in [1.54, 1.807) is 11.3 Å². The maximum Gasteiger partial charge on any atom is 0.228 e. The summed E-state index contributed by atoms with van der Waals surface area (Å²) in [6.45, 7) is 1.93. The lowest BCUT2D eigenvalue weighted by Crippen LogP contribution is -2.09. The molecule has 0 aliphatic carbocycles. The Morgan fingerprint density at radius 2 is 2.08 bits per heavy atom. The van der Waals surface area contributed by atoms with Gasteiger partial charge in [-0.2, -0.15) is 5.10 Å². The minimum atomic E-state index is 0.0405. The molecular formula is C18H16N4OS. The van der Waals surface area contributed by atoms with Gasteiger partial charge in [-0.1, -0.05) is 29.5 Å². The van der Waals surface area contributed by atoms with E-state index < -0.39 is 0 Å². The van der Waals surface area contributed by atoms with Crippen LogP contribution >= 0.6 is 11.3 Å². The van der Waals surface area contributed by atoms with Gasteiger partial charge in [0.1, 0.15) is 0 Å². The number of para-hydroxylation sites is 1. The Morgan fingerprint density at radius 1 is 1.25 bits per heavy atom. The number of nitrogens with one attached hydrogen (secondary N) is 1. The fraction of sp³-hybridized carbons (Fsp3) is 0.167. The van der Waals surface area contributed by atoms with Crippen molar-refractivity contribution < 1.29 is 4.79 Å². The number of thiazole rings is 1. The molecule has 0 saturated carbocycles. The van der Waals surface area contributed by atoms with Crippen LogP contribution in [0.15, 0.2) is 52.7 Å². The average molecular weight is 336 g/mol. The van der Waals surface area contributed by atoms with Gasteiger partial charge in [0.15, 0.2) is 0 Å². The number of anilines is 1. The summed E-state index contributed by atoms with van der Waals surface area (Å²) in [7, 11) is 2.00. The minimum Gasteiger partial charge on any atom is -0.326 e. The van der Waals surface area contributed by atoms with Crippen LogP contribution in [0.25, 0.3) is 10.2 Å². The molecule has 5 nitrogen and oxygen atoms in total. The van der Waals surface area contributed by atoms with Gasteiger partial charge in [0.2, 0.25) is 10.7 Å². The molecule has 120 valence electrons. The number of rotatable bonds is 2. The molecule has 0 atom stereocenters. The zero-order valence-electron chi connectivity index (χ0n) is 13.4. The number of amides is 1. The smallest absolute Gasteiger partial charge is 0.228 e. The van der Waals surface area contributed by atoms with Gasteiger partial charge in [-0.3, -0.25) is 4.79 Å². The molecule has 2 aromatic carbocycles. The van der Waals surface area contributed by atoms with Crippen molar-refractivity contribution in [3.05, 3.63) is 58.4 Å². The zero-order valence-corrected chi connectivity index (χ0v) is 14.2. The first kappa shape index (κ1) is 14.8. The molecule has 0 saturated heterocycles. The summed E-state index contributed by atoms with van der Waals surface area (Å²) in [5, 5.41) is 11.6. The fourth-order valence-electron chi connectivity index (χ4n) is 2.81. The van der Waals surface area contributed by atoms with Crippen molar-refractivity contribution in [2.24, 2.45) is 17.3 Å². The van der Waals surface area contributed by atoms with Crippen LogP contribution in [0.5, 0.6) is 0 Å². The van der Waals surface area contributed by atoms with E-state index >= 15 is 0 Å². The second kappa shape index (κ2) is 5.72. The number of carbonyl (C=O) groups excluding carboxylic acids is 1. The van der Waals surface area contributed by atoms with E-state index in [1.807, 2.05) is 48.9 Å². The molecule has 0 radical (unpaired) electrons. The highest BCUT2D eigenvalue weighted by Gasteiger charge is 2.17. The molecule has 0 bridgehead atoms. The van der Waals surface area contributed by atoms with Gasteiger partial charge < -0.3 is 9.88 Å². The van der Waals surface area contributed by atoms with Gasteiger partial charge in [-0.25, -0.2) is 0 Å². The van der Waals surface area contributed by atoms with Crippen LogP contribution < -0.4 is 10.1 Å². The van der Waals surface area contributed by atoms with E-state index in [0.29, 0.717) is 6.42 Å². The van der Waals surface area contributed by atoms with Crippen LogP contribution in [0, 0.1) is 0 Å². The van der Waals surface area contributed by atoms with Crippen LogP contribution in [-0.2, 0) is 18.3 Å². The number of carbonyl (C=O) groups is 1. The Hall–Kier alpha value is -2.73. The largest absolute Gasteiger partial charge is 0.326 e. The molecule has 6 heteroatoms. The normalized spacial score (nSPS) is 15.0. The highest BCUT2D eigenvalue weighted by atomic mass is 32.1. The van der Waals surface area contributed by atoms with E-state index in [0.717, 1.165) is 32.8 Å². The van der Waals surface area contributed by atoms with Gasteiger partial charge in [-0.05, 0) is 42.3 Å². The zero-order chi connectivity index (χ0) is 16.7. The number of benzene rings is 2.